The molecular formula is C22H24FN3O4. The first kappa shape index (κ1) is 21.3. The maximum Gasteiger partial charge on any atom is 0.325 e. The first-order valence-corrected chi connectivity index (χ1v) is 9.85. The van der Waals surface area contributed by atoms with Crippen molar-refractivity contribution in [3.8, 4) is 0 Å². The molecule has 1 saturated heterocycles. The van der Waals surface area contributed by atoms with Crippen molar-refractivity contribution in [2.45, 2.75) is 19.3 Å². The van der Waals surface area contributed by atoms with E-state index < -0.39 is 36.8 Å². The number of carbonyl (C=O) groups is 3. The van der Waals surface area contributed by atoms with Crippen molar-refractivity contribution in [2.24, 2.45) is 0 Å². The van der Waals surface area contributed by atoms with Gasteiger partial charge in [0.05, 0.1) is 0 Å². The fraction of sp³-hybridized carbons (Fsp3) is 0.318. The number of amides is 2. The van der Waals surface area contributed by atoms with Crippen LogP contribution in [0.5, 0.6) is 0 Å². The van der Waals surface area contributed by atoms with Gasteiger partial charge in [-0.1, -0.05) is 6.07 Å². The van der Waals surface area contributed by atoms with Crippen LogP contribution >= 0.6 is 0 Å². The van der Waals surface area contributed by atoms with Crippen molar-refractivity contribution in [3.63, 3.8) is 0 Å². The molecular weight excluding hydrogens is 389 g/mol. The van der Waals surface area contributed by atoms with Gasteiger partial charge in [-0.2, -0.15) is 0 Å². The number of hydrogen-bond acceptors (Lipinski definition) is 5. The molecule has 158 valence electrons. The Morgan fingerprint density at radius 3 is 2.43 bits per heavy atom. The van der Waals surface area contributed by atoms with Gasteiger partial charge < -0.3 is 20.3 Å². The van der Waals surface area contributed by atoms with Crippen LogP contribution in [0.1, 0.15) is 29.6 Å². The summed E-state index contributed by atoms with van der Waals surface area (Å²) < 4.78 is 18.0. The zero-order chi connectivity index (χ0) is 21.3. The molecule has 0 saturated carbocycles. The molecule has 0 aromatic heterocycles. The van der Waals surface area contributed by atoms with Crippen LogP contribution < -0.4 is 15.5 Å². The third kappa shape index (κ3) is 6.30. The molecule has 7 nitrogen and oxygen atoms in total. The first-order chi connectivity index (χ1) is 14.5. The minimum atomic E-state index is -0.768. The lowest BCUT2D eigenvalue weighted by atomic mass is 10.1. The normalized spacial score (nSPS) is 13.4. The Bertz CT molecular complexity index is 896. The van der Waals surface area contributed by atoms with Gasteiger partial charge in [-0.05, 0) is 61.7 Å². The summed E-state index contributed by atoms with van der Waals surface area (Å²) >= 11 is 0. The monoisotopic (exact) mass is 413 g/mol. The minimum absolute atomic E-state index is 0.0912. The number of hydrogen-bond donors (Lipinski definition) is 2. The average molecular weight is 413 g/mol. The van der Waals surface area contributed by atoms with Gasteiger partial charge in [-0.25, -0.2) is 4.39 Å². The Kier molecular flexibility index (Phi) is 7.37. The van der Waals surface area contributed by atoms with Crippen molar-refractivity contribution >= 4 is 29.2 Å². The number of esters is 1. The molecule has 1 fully saturated rings. The lowest BCUT2D eigenvalue weighted by Crippen LogP contribution is -2.32. The van der Waals surface area contributed by atoms with E-state index >= 15 is 0 Å². The molecule has 30 heavy (non-hydrogen) atoms. The Labute approximate surface area is 174 Å². The molecule has 0 radical (unpaired) electrons. The molecule has 2 aromatic carbocycles. The number of anilines is 2. The van der Waals surface area contributed by atoms with E-state index in [0.29, 0.717) is 5.69 Å². The number of carbonyl (C=O) groups excluding carboxylic acids is 3. The number of piperidine rings is 1. The molecule has 0 spiro atoms. The van der Waals surface area contributed by atoms with Gasteiger partial charge in [-0.15, -0.1) is 0 Å². The zero-order valence-corrected chi connectivity index (χ0v) is 16.5. The molecule has 0 atom stereocenters. The SMILES string of the molecule is O=C(COC(=O)CNC(=O)c1cccc(F)c1)Nc1ccc(N2CCCCC2)cc1. The van der Waals surface area contributed by atoms with E-state index in [1.165, 1.54) is 37.5 Å². The predicted molar refractivity (Wildman–Crippen MR) is 111 cm³/mol. The number of nitrogens with one attached hydrogen (secondary N) is 2. The summed E-state index contributed by atoms with van der Waals surface area (Å²) in [4.78, 5) is 37.9. The molecule has 3 rings (SSSR count). The highest BCUT2D eigenvalue weighted by Crippen LogP contribution is 2.21. The Hall–Kier alpha value is -3.42. The molecule has 2 amide bonds. The number of benzene rings is 2. The lowest BCUT2D eigenvalue weighted by Gasteiger charge is -2.28. The second-order valence-electron chi connectivity index (χ2n) is 7.00. The van der Waals surface area contributed by atoms with Crippen LogP contribution in [-0.4, -0.2) is 44.0 Å². The first-order valence-electron chi connectivity index (χ1n) is 9.85. The number of ether oxygens (including phenoxy) is 1. The van der Waals surface area contributed by atoms with Gasteiger partial charge in [0.15, 0.2) is 6.61 Å². The van der Waals surface area contributed by atoms with Gasteiger partial charge in [0.25, 0.3) is 11.8 Å². The number of rotatable bonds is 7. The Morgan fingerprint density at radius 1 is 1.00 bits per heavy atom. The molecule has 0 aliphatic carbocycles. The minimum Gasteiger partial charge on any atom is -0.454 e. The quantitative estimate of drug-likeness (QED) is 0.682. The van der Waals surface area contributed by atoms with Gasteiger partial charge in [0.1, 0.15) is 12.4 Å². The average Bonchev–Trinajstić information content (AvgIpc) is 2.77. The van der Waals surface area contributed by atoms with E-state index in [9.17, 15) is 18.8 Å². The summed E-state index contributed by atoms with van der Waals surface area (Å²) in [5.41, 5.74) is 1.82. The topological polar surface area (TPSA) is 87.7 Å². The van der Waals surface area contributed by atoms with E-state index in [1.807, 2.05) is 24.3 Å². The molecule has 0 bridgehead atoms. The highest BCUT2D eigenvalue weighted by atomic mass is 19.1. The van der Waals surface area contributed by atoms with E-state index in [0.717, 1.165) is 24.8 Å². The van der Waals surface area contributed by atoms with Crippen LogP contribution in [-0.2, 0) is 14.3 Å². The molecule has 0 unspecified atom stereocenters. The Balaban J connectivity index is 1.38. The van der Waals surface area contributed by atoms with E-state index in [2.05, 4.69) is 15.5 Å². The molecule has 1 heterocycles. The maximum atomic E-state index is 13.1. The van der Waals surface area contributed by atoms with Crippen LogP contribution in [0, 0.1) is 5.82 Å². The second-order valence-corrected chi connectivity index (χ2v) is 7.00. The fourth-order valence-corrected chi connectivity index (χ4v) is 3.19. The van der Waals surface area contributed by atoms with Crippen molar-refractivity contribution in [3.05, 3.63) is 59.9 Å². The van der Waals surface area contributed by atoms with Crippen LogP contribution in [0.2, 0.25) is 0 Å². The van der Waals surface area contributed by atoms with Gasteiger partial charge in [-0.3, -0.25) is 14.4 Å². The van der Waals surface area contributed by atoms with Crippen LogP contribution in [0.4, 0.5) is 15.8 Å². The highest BCUT2D eigenvalue weighted by Gasteiger charge is 2.13. The molecule has 1 aliphatic rings. The summed E-state index contributed by atoms with van der Waals surface area (Å²) in [5, 5.41) is 4.98. The van der Waals surface area contributed by atoms with Crippen molar-refractivity contribution in [1.82, 2.24) is 5.32 Å². The Morgan fingerprint density at radius 2 is 1.73 bits per heavy atom. The van der Waals surface area contributed by atoms with Gasteiger partial charge in [0.2, 0.25) is 0 Å². The highest BCUT2D eigenvalue weighted by molar-refractivity contribution is 5.96. The van der Waals surface area contributed by atoms with Crippen molar-refractivity contribution in [1.29, 1.82) is 0 Å². The van der Waals surface area contributed by atoms with Crippen LogP contribution in [0.3, 0.4) is 0 Å². The van der Waals surface area contributed by atoms with Crippen LogP contribution in [0.25, 0.3) is 0 Å². The third-order valence-electron chi connectivity index (χ3n) is 4.72. The largest absolute Gasteiger partial charge is 0.454 e. The molecule has 2 aromatic rings. The molecule has 8 heteroatoms. The summed E-state index contributed by atoms with van der Waals surface area (Å²) in [6.45, 7) is 1.19. The predicted octanol–water partition coefficient (Wildman–Crippen LogP) is 2.73. The zero-order valence-electron chi connectivity index (χ0n) is 16.5. The van der Waals surface area contributed by atoms with Crippen LogP contribution in [0.15, 0.2) is 48.5 Å². The number of halogens is 1. The smallest absolute Gasteiger partial charge is 0.325 e. The summed E-state index contributed by atoms with van der Waals surface area (Å²) in [6, 6.07) is 12.6. The van der Waals surface area contributed by atoms with E-state index in [4.69, 9.17) is 4.74 Å². The lowest BCUT2D eigenvalue weighted by molar-refractivity contribution is -0.146. The number of nitrogens with zero attached hydrogens (tertiary/aromatic N) is 1. The molecule has 1 aliphatic heterocycles. The van der Waals surface area contributed by atoms with E-state index in [-0.39, 0.29) is 5.56 Å². The second kappa shape index (κ2) is 10.4. The summed E-state index contributed by atoms with van der Waals surface area (Å²) in [7, 11) is 0. The van der Waals surface area contributed by atoms with E-state index in [1.54, 1.807) is 0 Å². The molecule has 2 N–H and O–H groups in total. The summed E-state index contributed by atoms with van der Waals surface area (Å²) in [6.07, 6.45) is 3.64. The maximum absolute atomic E-state index is 13.1. The van der Waals surface area contributed by atoms with Crippen molar-refractivity contribution < 1.29 is 23.5 Å². The third-order valence-corrected chi connectivity index (χ3v) is 4.72. The van der Waals surface area contributed by atoms with Gasteiger partial charge in [0, 0.05) is 30.0 Å². The van der Waals surface area contributed by atoms with Crippen molar-refractivity contribution in [2.75, 3.05) is 36.5 Å². The standard InChI is InChI=1S/C22H24FN3O4/c23-17-6-4-5-16(13-17)22(29)24-14-21(28)30-15-20(27)25-18-7-9-19(10-8-18)26-11-2-1-3-12-26/h4-10,13H,1-3,11-12,14-15H2,(H,24,29)(H,25,27). The summed E-state index contributed by atoms with van der Waals surface area (Å²) in [5.74, 6) is -2.41. The fourth-order valence-electron chi connectivity index (χ4n) is 3.19. The van der Waals surface area contributed by atoms with Gasteiger partial charge >= 0.3 is 5.97 Å².